The quantitative estimate of drug-likeness (QED) is 0.569. The molecular weight excluding hydrogens is 374 g/mol. The van der Waals surface area contributed by atoms with Gasteiger partial charge in [0.1, 0.15) is 5.65 Å². The molecule has 30 heavy (non-hydrogen) atoms. The normalized spacial score (nSPS) is 15.0. The van der Waals surface area contributed by atoms with Crippen molar-refractivity contribution in [3.05, 3.63) is 72.3 Å². The number of anilines is 2. The zero-order valence-corrected chi connectivity index (χ0v) is 17.1. The molecule has 7 heteroatoms. The Morgan fingerprint density at radius 2 is 1.67 bits per heavy atom. The lowest BCUT2D eigenvalue weighted by molar-refractivity contribution is 0.246. The van der Waals surface area contributed by atoms with Crippen molar-refractivity contribution >= 4 is 17.3 Å². The molecule has 7 nitrogen and oxygen atoms in total. The largest absolute Gasteiger partial charge is 0.398 e. The zero-order chi connectivity index (χ0) is 20.5. The van der Waals surface area contributed by atoms with Crippen molar-refractivity contribution in [1.82, 2.24) is 24.3 Å². The van der Waals surface area contributed by atoms with Crippen LogP contribution in [0.1, 0.15) is 11.3 Å². The number of aryl methyl sites for hydroxylation is 1. The van der Waals surface area contributed by atoms with Crippen molar-refractivity contribution in [2.24, 2.45) is 0 Å². The van der Waals surface area contributed by atoms with Crippen LogP contribution < -0.4 is 10.6 Å². The van der Waals surface area contributed by atoms with E-state index in [1.807, 2.05) is 24.4 Å². The fourth-order valence-electron chi connectivity index (χ4n) is 3.98. The summed E-state index contributed by atoms with van der Waals surface area (Å²) in [5, 5.41) is 0. The van der Waals surface area contributed by atoms with Crippen molar-refractivity contribution in [1.29, 1.82) is 0 Å². The Balaban J connectivity index is 1.43. The molecule has 4 aromatic rings. The Morgan fingerprint density at radius 1 is 0.933 bits per heavy atom. The maximum absolute atomic E-state index is 6.09. The van der Waals surface area contributed by atoms with Crippen LogP contribution in [0.2, 0.25) is 0 Å². The second-order valence-electron chi connectivity index (χ2n) is 7.78. The minimum Gasteiger partial charge on any atom is -0.398 e. The molecule has 0 unspecified atom stereocenters. The molecule has 0 saturated carbocycles. The van der Waals surface area contributed by atoms with Gasteiger partial charge in [-0.3, -0.25) is 4.90 Å². The first-order valence-electron chi connectivity index (χ1n) is 10.3. The zero-order valence-electron chi connectivity index (χ0n) is 17.1. The number of aromatic nitrogens is 4. The summed E-state index contributed by atoms with van der Waals surface area (Å²) in [6.45, 7) is 6.62. The summed E-state index contributed by atoms with van der Waals surface area (Å²) in [5.74, 6) is 0.806. The lowest BCUT2D eigenvalue weighted by atomic mass is 10.1. The topological polar surface area (TPSA) is 75.6 Å². The van der Waals surface area contributed by atoms with Crippen LogP contribution in [0.3, 0.4) is 0 Å². The molecule has 0 bridgehead atoms. The number of nitrogen functional groups attached to an aromatic ring is 1. The summed E-state index contributed by atoms with van der Waals surface area (Å²) < 4.78 is 2.14. The predicted molar refractivity (Wildman–Crippen MR) is 119 cm³/mol. The molecule has 0 radical (unpaired) electrons. The maximum atomic E-state index is 6.09. The van der Waals surface area contributed by atoms with Gasteiger partial charge in [-0.05, 0) is 25.1 Å². The monoisotopic (exact) mass is 399 g/mol. The summed E-state index contributed by atoms with van der Waals surface area (Å²) >= 11 is 0. The van der Waals surface area contributed by atoms with Crippen molar-refractivity contribution in [2.45, 2.75) is 13.5 Å². The van der Waals surface area contributed by atoms with E-state index in [0.717, 1.165) is 61.3 Å². The van der Waals surface area contributed by atoms with E-state index in [0.29, 0.717) is 0 Å². The number of hydrogen-bond donors (Lipinski definition) is 1. The van der Waals surface area contributed by atoms with Crippen molar-refractivity contribution in [3.8, 4) is 11.3 Å². The highest BCUT2D eigenvalue weighted by Gasteiger charge is 2.22. The SMILES string of the molecule is Cc1ccc(-c2nc3ccc(N)cn3c2CN2CCN(c3ncccn3)CC2)cc1. The number of nitrogens with zero attached hydrogens (tertiary/aromatic N) is 6. The summed E-state index contributed by atoms with van der Waals surface area (Å²) in [7, 11) is 0. The number of rotatable bonds is 4. The Labute approximate surface area is 175 Å². The van der Waals surface area contributed by atoms with Gasteiger partial charge in [-0.1, -0.05) is 29.8 Å². The van der Waals surface area contributed by atoms with Crippen LogP contribution in [0.4, 0.5) is 11.6 Å². The molecule has 152 valence electrons. The molecule has 2 N–H and O–H groups in total. The third-order valence-corrected chi connectivity index (χ3v) is 5.65. The molecule has 1 fully saturated rings. The Hall–Kier alpha value is -3.45. The molecular formula is C23H25N7. The summed E-state index contributed by atoms with van der Waals surface area (Å²) in [4.78, 5) is 18.4. The average molecular weight is 400 g/mol. The van der Waals surface area contributed by atoms with Crippen LogP contribution >= 0.6 is 0 Å². The van der Waals surface area contributed by atoms with E-state index >= 15 is 0 Å². The number of imidazole rings is 1. The smallest absolute Gasteiger partial charge is 0.225 e. The summed E-state index contributed by atoms with van der Waals surface area (Å²) in [5.41, 5.74) is 12.3. The van der Waals surface area contributed by atoms with E-state index < -0.39 is 0 Å². The minimum atomic E-state index is 0.739. The van der Waals surface area contributed by atoms with Gasteiger partial charge in [-0.25, -0.2) is 15.0 Å². The molecule has 1 aromatic carbocycles. The van der Waals surface area contributed by atoms with E-state index in [2.05, 4.69) is 55.4 Å². The highest BCUT2D eigenvalue weighted by molar-refractivity contribution is 5.67. The fourth-order valence-corrected chi connectivity index (χ4v) is 3.98. The first kappa shape index (κ1) is 18.6. The van der Waals surface area contributed by atoms with Gasteiger partial charge in [0, 0.05) is 62.6 Å². The van der Waals surface area contributed by atoms with Gasteiger partial charge in [0.05, 0.1) is 11.4 Å². The second-order valence-corrected chi connectivity index (χ2v) is 7.78. The van der Waals surface area contributed by atoms with Gasteiger partial charge in [-0.15, -0.1) is 0 Å². The van der Waals surface area contributed by atoms with Crippen LogP contribution in [-0.2, 0) is 6.54 Å². The van der Waals surface area contributed by atoms with Gasteiger partial charge in [-0.2, -0.15) is 0 Å². The van der Waals surface area contributed by atoms with E-state index in [1.54, 1.807) is 12.4 Å². The lowest BCUT2D eigenvalue weighted by Gasteiger charge is -2.34. The van der Waals surface area contributed by atoms with E-state index in [9.17, 15) is 0 Å². The Bertz CT molecular complexity index is 1140. The van der Waals surface area contributed by atoms with Gasteiger partial charge >= 0.3 is 0 Å². The summed E-state index contributed by atoms with van der Waals surface area (Å²) in [6.07, 6.45) is 5.57. The van der Waals surface area contributed by atoms with Crippen LogP contribution in [-0.4, -0.2) is 50.4 Å². The molecule has 4 heterocycles. The van der Waals surface area contributed by atoms with Crippen LogP contribution in [0.5, 0.6) is 0 Å². The summed E-state index contributed by atoms with van der Waals surface area (Å²) in [6, 6.07) is 14.3. The lowest BCUT2D eigenvalue weighted by Crippen LogP contribution is -2.46. The molecule has 1 aliphatic heterocycles. The third kappa shape index (κ3) is 3.59. The molecule has 3 aromatic heterocycles. The standard InChI is InChI=1S/C23H25N7/c1-17-3-5-18(6-4-17)22-20(30-15-19(24)7-8-21(30)27-22)16-28-11-13-29(14-12-28)23-25-9-2-10-26-23/h2-10,15H,11-14,16,24H2,1H3. The average Bonchev–Trinajstić information content (AvgIpc) is 3.13. The highest BCUT2D eigenvalue weighted by Crippen LogP contribution is 2.27. The molecule has 0 spiro atoms. The van der Waals surface area contributed by atoms with Crippen LogP contribution in [0.15, 0.2) is 61.1 Å². The molecule has 5 rings (SSSR count). The molecule has 1 aliphatic rings. The van der Waals surface area contributed by atoms with Crippen LogP contribution in [0, 0.1) is 6.92 Å². The third-order valence-electron chi connectivity index (χ3n) is 5.65. The highest BCUT2D eigenvalue weighted by atomic mass is 15.3. The number of benzene rings is 1. The molecule has 0 atom stereocenters. The second kappa shape index (κ2) is 7.76. The van der Waals surface area contributed by atoms with Crippen molar-refractivity contribution in [2.75, 3.05) is 36.8 Å². The Morgan fingerprint density at radius 3 is 2.40 bits per heavy atom. The van der Waals surface area contributed by atoms with E-state index in [1.165, 1.54) is 11.3 Å². The van der Waals surface area contributed by atoms with Gasteiger partial charge < -0.3 is 15.0 Å². The first-order valence-corrected chi connectivity index (χ1v) is 10.3. The molecule has 1 saturated heterocycles. The number of fused-ring (bicyclic) bond motifs is 1. The number of hydrogen-bond acceptors (Lipinski definition) is 6. The van der Waals surface area contributed by atoms with E-state index in [4.69, 9.17) is 10.7 Å². The number of pyridine rings is 1. The molecule has 0 aliphatic carbocycles. The molecule has 0 amide bonds. The van der Waals surface area contributed by atoms with Crippen molar-refractivity contribution in [3.63, 3.8) is 0 Å². The van der Waals surface area contributed by atoms with Gasteiger partial charge in [0.15, 0.2) is 0 Å². The van der Waals surface area contributed by atoms with E-state index in [-0.39, 0.29) is 0 Å². The predicted octanol–water partition coefficient (Wildman–Crippen LogP) is 3.00. The first-order chi connectivity index (χ1) is 14.7. The number of piperazine rings is 1. The Kier molecular flexibility index (Phi) is 4.80. The van der Waals surface area contributed by atoms with Gasteiger partial charge in [0.25, 0.3) is 0 Å². The maximum Gasteiger partial charge on any atom is 0.225 e. The van der Waals surface area contributed by atoms with Gasteiger partial charge in [0.2, 0.25) is 5.95 Å². The number of nitrogens with two attached hydrogens (primary N) is 1. The minimum absolute atomic E-state index is 0.739. The fraction of sp³-hybridized carbons (Fsp3) is 0.261. The van der Waals surface area contributed by atoms with Crippen molar-refractivity contribution < 1.29 is 0 Å². The van der Waals surface area contributed by atoms with Crippen LogP contribution in [0.25, 0.3) is 16.9 Å².